The average Bonchev–Trinajstić information content (AvgIpc) is 2.79. The number of amides is 1. The van der Waals surface area contributed by atoms with Crippen LogP contribution in [-0.2, 0) is 14.8 Å². The molecule has 8 nitrogen and oxygen atoms in total. The number of hydrogen-bond acceptors (Lipinski definition) is 6. The topological polar surface area (TPSA) is 88.2 Å². The van der Waals surface area contributed by atoms with Gasteiger partial charge in [-0.1, -0.05) is 25.1 Å². The van der Waals surface area contributed by atoms with Crippen molar-refractivity contribution < 1.29 is 22.7 Å². The van der Waals surface area contributed by atoms with E-state index < -0.39 is 10.0 Å². The molecule has 3 atom stereocenters. The van der Waals surface area contributed by atoms with Crippen molar-refractivity contribution in [3.8, 4) is 5.75 Å². The molecule has 0 fully saturated rings. The van der Waals surface area contributed by atoms with E-state index in [1.807, 2.05) is 7.05 Å². The maximum absolute atomic E-state index is 13.4. The number of fused-ring (bicyclic) bond motifs is 1. The monoisotopic (exact) mass is 489 g/mol. The summed E-state index contributed by atoms with van der Waals surface area (Å²) in [5.41, 5.74) is 1.23. The number of aryl methyl sites for hydroxylation is 1. The van der Waals surface area contributed by atoms with E-state index in [1.165, 1.54) is 6.07 Å². The predicted molar refractivity (Wildman–Crippen MR) is 133 cm³/mol. The largest absolute Gasteiger partial charge is 0.491 e. The number of benzene rings is 2. The quantitative estimate of drug-likeness (QED) is 0.710. The van der Waals surface area contributed by atoms with Gasteiger partial charge in [-0.3, -0.25) is 14.4 Å². The summed E-state index contributed by atoms with van der Waals surface area (Å²) >= 11 is 0. The van der Waals surface area contributed by atoms with Gasteiger partial charge in [0, 0.05) is 39.0 Å². The molecular formula is C25H35N3O5S. The Labute approximate surface area is 202 Å². The molecule has 9 heteroatoms. The standard InChI is InChI=1S/C25H35N3O5S/c1-17-9-7-8-10-24(17)34(30,31)26-20-11-12-22-21(13-20)25(29)28(5)15-23(32-6)18(2)14-27(4)19(3)16-33-22/h7-13,18-19,23,26H,14-16H2,1-6H3/t18-,19+,23+/m0/s1. The summed E-state index contributed by atoms with van der Waals surface area (Å²) in [6.45, 7) is 7.51. The first-order valence-corrected chi connectivity index (χ1v) is 12.9. The van der Waals surface area contributed by atoms with Crippen LogP contribution < -0.4 is 9.46 Å². The third-order valence-corrected chi connectivity index (χ3v) is 7.93. The molecule has 1 aliphatic heterocycles. The van der Waals surface area contributed by atoms with Crippen LogP contribution in [0.2, 0.25) is 0 Å². The molecule has 186 valence electrons. The molecule has 3 rings (SSSR count). The van der Waals surface area contributed by atoms with E-state index >= 15 is 0 Å². The van der Waals surface area contributed by atoms with Crippen LogP contribution in [0.4, 0.5) is 5.69 Å². The molecule has 0 bridgehead atoms. The van der Waals surface area contributed by atoms with Crippen molar-refractivity contribution in [1.82, 2.24) is 9.80 Å². The zero-order chi connectivity index (χ0) is 25.0. The highest BCUT2D eigenvalue weighted by Gasteiger charge is 2.27. The summed E-state index contributed by atoms with van der Waals surface area (Å²) in [7, 11) is 1.60. The number of anilines is 1. The molecule has 2 aromatic carbocycles. The smallest absolute Gasteiger partial charge is 0.262 e. The minimum Gasteiger partial charge on any atom is -0.491 e. The summed E-state index contributed by atoms with van der Waals surface area (Å²) in [6, 6.07) is 11.7. The number of carbonyl (C=O) groups excluding carboxylic acids is 1. The highest BCUT2D eigenvalue weighted by Crippen LogP contribution is 2.28. The first-order valence-electron chi connectivity index (χ1n) is 11.4. The zero-order valence-corrected chi connectivity index (χ0v) is 21.6. The van der Waals surface area contributed by atoms with Gasteiger partial charge in [0.15, 0.2) is 0 Å². The summed E-state index contributed by atoms with van der Waals surface area (Å²) in [6.07, 6.45) is -0.143. The molecule has 1 aliphatic rings. The van der Waals surface area contributed by atoms with E-state index in [9.17, 15) is 13.2 Å². The molecule has 1 heterocycles. The average molecular weight is 490 g/mol. The Morgan fingerprint density at radius 1 is 1.09 bits per heavy atom. The molecule has 1 amide bonds. The van der Waals surface area contributed by atoms with Gasteiger partial charge in [0.05, 0.1) is 16.6 Å². The van der Waals surface area contributed by atoms with E-state index in [2.05, 4.69) is 23.5 Å². The van der Waals surface area contributed by atoms with Gasteiger partial charge in [-0.25, -0.2) is 8.42 Å². The number of ether oxygens (including phenoxy) is 2. The molecule has 0 radical (unpaired) electrons. The lowest BCUT2D eigenvalue weighted by Gasteiger charge is -2.34. The van der Waals surface area contributed by atoms with Gasteiger partial charge in [0.2, 0.25) is 0 Å². The summed E-state index contributed by atoms with van der Waals surface area (Å²) < 4.78 is 40.3. The fourth-order valence-corrected chi connectivity index (χ4v) is 5.39. The lowest BCUT2D eigenvalue weighted by atomic mass is 10.0. The van der Waals surface area contributed by atoms with Gasteiger partial charge < -0.3 is 14.4 Å². The van der Waals surface area contributed by atoms with Crippen molar-refractivity contribution in [1.29, 1.82) is 0 Å². The van der Waals surface area contributed by atoms with Gasteiger partial charge >= 0.3 is 0 Å². The number of rotatable bonds is 4. The third kappa shape index (κ3) is 5.89. The Balaban J connectivity index is 1.97. The maximum atomic E-state index is 13.4. The number of nitrogens with one attached hydrogen (secondary N) is 1. The molecule has 34 heavy (non-hydrogen) atoms. The number of hydrogen-bond donors (Lipinski definition) is 1. The fourth-order valence-electron chi connectivity index (χ4n) is 4.09. The Kier molecular flexibility index (Phi) is 8.22. The van der Waals surface area contributed by atoms with Crippen molar-refractivity contribution in [2.24, 2.45) is 5.92 Å². The molecule has 0 aromatic heterocycles. The third-order valence-electron chi connectivity index (χ3n) is 6.39. The molecule has 0 aliphatic carbocycles. The zero-order valence-electron chi connectivity index (χ0n) is 20.7. The minimum atomic E-state index is -3.82. The van der Waals surface area contributed by atoms with Gasteiger partial charge in [0.1, 0.15) is 12.4 Å². The van der Waals surface area contributed by atoms with Crippen LogP contribution in [-0.4, -0.2) is 77.2 Å². The van der Waals surface area contributed by atoms with E-state index in [-0.39, 0.29) is 28.9 Å². The van der Waals surface area contributed by atoms with Crippen LogP contribution in [0.15, 0.2) is 47.4 Å². The van der Waals surface area contributed by atoms with Crippen LogP contribution in [0.3, 0.4) is 0 Å². The van der Waals surface area contributed by atoms with Crippen molar-refractivity contribution in [3.05, 3.63) is 53.6 Å². The Hall–Kier alpha value is -2.62. The van der Waals surface area contributed by atoms with Gasteiger partial charge in [0.25, 0.3) is 15.9 Å². The summed E-state index contributed by atoms with van der Waals surface area (Å²) in [5, 5.41) is 0. The second kappa shape index (κ2) is 10.8. The molecular weight excluding hydrogens is 454 g/mol. The molecule has 0 spiro atoms. The summed E-state index contributed by atoms with van der Waals surface area (Å²) in [5.74, 6) is 0.347. The predicted octanol–water partition coefficient (Wildman–Crippen LogP) is 3.23. The van der Waals surface area contributed by atoms with E-state index in [1.54, 1.807) is 62.4 Å². The number of likely N-dealkylation sites (N-methyl/N-ethyl adjacent to an activating group) is 2. The lowest BCUT2D eigenvalue weighted by molar-refractivity contribution is 0.0150. The highest BCUT2D eigenvalue weighted by molar-refractivity contribution is 7.92. The molecule has 0 saturated heterocycles. The van der Waals surface area contributed by atoms with E-state index in [0.717, 1.165) is 6.54 Å². The van der Waals surface area contributed by atoms with Crippen molar-refractivity contribution >= 4 is 21.6 Å². The van der Waals surface area contributed by atoms with Crippen LogP contribution in [0.25, 0.3) is 0 Å². The lowest BCUT2D eigenvalue weighted by Crippen LogP contribution is -2.45. The molecule has 0 saturated carbocycles. The minimum absolute atomic E-state index is 0.110. The summed E-state index contributed by atoms with van der Waals surface area (Å²) in [4.78, 5) is 17.4. The fraction of sp³-hybridized carbons (Fsp3) is 0.480. The second-order valence-corrected chi connectivity index (χ2v) is 10.8. The van der Waals surface area contributed by atoms with Crippen LogP contribution in [0.1, 0.15) is 29.8 Å². The van der Waals surface area contributed by atoms with Gasteiger partial charge in [-0.2, -0.15) is 0 Å². The van der Waals surface area contributed by atoms with Crippen LogP contribution in [0, 0.1) is 12.8 Å². The van der Waals surface area contributed by atoms with Crippen molar-refractivity contribution in [3.63, 3.8) is 0 Å². The van der Waals surface area contributed by atoms with E-state index in [4.69, 9.17) is 9.47 Å². The van der Waals surface area contributed by atoms with E-state index in [0.29, 0.717) is 35.7 Å². The molecule has 2 aromatic rings. The Morgan fingerprint density at radius 2 is 1.79 bits per heavy atom. The maximum Gasteiger partial charge on any atom is 0.262 e. The van der Waals surface area contributed by atoms with Crippen LogP contribution >= 0.6 is 0 Å². The second-order valence-electron chi connectivity index (χ2n) is 9.12. The number of sulfonamides is 1. The first kappa shape index (κ1) is 26.0. The number of methoxy groups -OCH3 is 1. The van der Waals surface area contributed by atoms with Crippen molar-refractivity contribution in [2.75, 3.05) is 45.6 Å². The van der Waals surface area contributed by atoms with Crippen molar-refractivity contribution in [2.45, 2.75) is 37.8 Å². The van der Waals surface area contributed by atoms with Gasteiger partial charge in [-0.05, 0) is 56.6 Å². The number of nitrogens with zero attached hydrogens (tertiary/aromatic N) is 2. The highest BCUT2D eigenvalue weighted by atomic mass is 32.2. The number of carbonyl (C=O) groups is 1. The van der Waals surface area contributed by atoms with Gasteiger partial charge in [-0.15, -0.1) is 0 Å². The Bertz CT molecular complexity index is 1120. The Morgan fingerprint density at radius 3 is 2.47 bits per heavy atom. The molecule has 0 unspecified atom stereocenters. The normalized spacial score (nSPS) is 22.8. The molecule has 1 N–H and O–H groups in total. The van der Waals surface area contributed by atoms with Crippen LogP contribution in [0.5, 0.6) is 5.75 Å². The SMILES string of the molecule is CO[C@@H]1CN(C)C(=O)c2cc(NS(=O)(=O)c3ccccc3C)ccc2OC[C@@H](C)N(C)C[C@@H]1C. The first-order chi connectivity index (χ1) is 16.0.